The van der Waals surface area contributed by atoms with Crippen molar-refractivity contribution < 1.29 is 13.2 Å². The molecule has 0 aliphatic carbocycles. The van der Waals surface area contributed by atoms with Gasteiger partial charge in [0.1, 0.15) is 19.0 Å². The van der Waals surface area contributed by atoms with Gasteiger partial charge in [-0.3, -0.25) is 0 Å². The molecule has 8 heavy (non-hydrogen) atoms. The topological polar surface area (TPSA) is 0 Å². The van der Waals surface area contributed by atoms with E-state index in [2.05, 4.69) is 0 Å². The molecule has 0 aliphatic rings. The Balaban J connectivity index is 3.17. The highest BCUT2D eigenvalue weighted by molar-refractivity contribution is 4.66. The summed E-state index contributed by atoms with van der Waals surface area (Å²) in [5.74, 6) is 0. The maximum absolute atomic E-state index is 11.9. The number of hydrogen-bond donors (Lipinski definition) is 0. The highest BCUT2D eigenvalue weighted by atomic mass is 19.2. The Hall–Kier alpha value is -0.210. The molecule has 0 spiro atoms. The van der Waals surface area contributed by atoms with Gasteiger partial charge in [-0.05, 0) is 6.92 Å². The molecule has 0 heterocycles. The zero-order valence-corrected chi connectivity index (χ0v) is 4.57. The average molecular weight is 125 g/mol. The van der Waals surface area contributed by atoms with Gasteiger partial charge in [-0.1, -0.05) is 0 Å². The van der Waals surface area contributed by atoms with Crippen molar-refractivity contribution in [3.05, 3.63) is 6.67 Å². The number of hydrogen-bond acceptors (Lipinski definition) is 0. The first kappa shape index (κ1) is 7.79. The van der Waals surface area contributed by atoms with Gasteiger partial charge in [0.05, 0.1) is 0 Å². The molecule has 49 valence electrons. The van der Waals surface area contributed by atoms with Crippen molar-refractivity contribution in [1.29, 1.82) is 0 Å². The quantitative estimate of drug-likeness (QED) is 0.542. The Bertz CT molecular complexity index is 53.6. The Kier molecular flexibility index (Phi) is 3.65. The fourth-order valence-electron chi connectivity index (χ4n) is 0.273. The third kappa shape index (κ3) is 2.88. The summed E-state index contributed by atoms with van der Waals surface area (Å²) in [6.45, 7) is 1.19. The van der Waals surface area contributed by atoms with Crippen LogP contribution >= 0.6 is 0 Å². The van der Waals surface area contributed by atoms with Gasteiger partial charge < -0.3 is 0 Å². The number of halogens is 3. The minimum atomic E-state index is -1.68. The molecule has 0 fully saturated rings. The third-order valence-corrected chi connectivity index (χ3v) is 0.813. The first-order valence-electron chi connectivity index (χ1n) is 2.38. The summed E-state index contributed by atoms with van der Waals surface area (Å²) in [6, 6.07) is 0. The van der Waals surface area contributed by atoms with Gasteiger partial charge in [0.2, 0.25) is 0 Å². The smallest absolute Gasteiger partial charge is 0.134 e. The van der Waals surface area contributed by atoms with E-state index in [-0.39, 0.29) is 6.67 Å². The van der Waals surface area contributed by atoms with E-state index in [1.54, 1.807) is 0 Å². The second kappa shape index (κ2) is 3.75. The summed E-state index contributed by atoms with van der Waals surface area (Å²) in [5, 5.41) is 0. The average Bonchev–Trinajstić information content (AvgIpc) is 1.67. The maximum Gasteiger partial charge on any atom is 0.134 e. The van der Waals surface area contributed by atoms with Gasteiger partial charge in [-0.25, -0.2) is 13.2 Å². The molecular formula is C5H8F3. The molecule has 0 aromatic rings. The molecule has 0 nitrogen and oxygen atoms in total. The standard InChI is InChI=1S/C5H8F3/c1-4(7)5(8)2-3-6/h3-5H,2H2,1H3. The number of rotatable bonds is 3. The van der Waals surface area contributed by atoms with Gasteiger partial charge in [-0.2, -0.15) is 0 Å². The summed E-state index contributed by atoms with van der Waals surface area (Å²) >= 11 is 0. The van der Waals surface area contributed by atoms with E-state index in [9.17, 15) is 13.2 Å². The molecule has 0 N–H and O–H groups in total. The highest BCUT2D eigenvalue weighted by Crippen LogP contribution is 2.08. The first-order chi connectivity index (χ1) is 3.68. The lowest BCUT2D eigenvalue weighted by Gasteiger charge is -2.03. The Morgan fingerprint density at radius 2 is 2.00 bits per heavy atom. The van der Waals surface area contributed by atoms with Crippen molar-refractivity contribution in [2.24, 2.45) is 0 Å². The van der Waals surface area contributed by atoms with Crippen LogP contribution in [0.5, 0.6) is 0 Å². The normalized spacial score (nSPS) is 18.0. The Labute approximate surface area is 46.7 Å². The van der Waals surface area contributed by atoms with Gasteiger partial charge in [0.15, 0.2) is 0 Å². The zero-order chi connectivity index (χ0) is 6.57. The SMILES string of the molecule is CC(F)C(F)C[CH]F. The van der Waals surface area contributed by atoms with Crippen LogP contribution in [0.15, 0.2) is 0 Å². The van der Waals surface area contributed by atoms with Crippen molar-refractivity contribution in [1.82, 2.24) is 0 Å². The molecule has 1 radical (unpaired) electrons. The molecule has 2 unspecified atom stereocenters. The minimum Gasteiger partial charge on any atom is -0.245 e. The second-order valence-electron chi connectivity index (χ2n) is 1.58. The van der Waals surface area contributed by atoms with Crippen LogP contribution in [0.25, 0.3) is 0 Å². The van der Waals surface area contributed by atoms with E-state index in [0.29, 0.717) is 0 Å². The van der Waals surface area contributed by atoms with Crippen molar-refractivity contribution in [2.45, 2.75) is 25.7 Å². The lowest BCUT2D eigenvalue weighted by molar-refractivity contribution is 0.173. The Morgan fingerprint density at radius 3 is 2.12 bits per heavy atom. The molecule has 0 saturated carbocycles. The lowest BCUT2D eigenvalue weighted by Crippen LogP contribution is -2.12. The predicted molar refractivity (Wildman–Crippen MR) is 25.5 cm³/mol. The fourth-order valence-corrected chi connectivity index (χ4v) is 0.273. The Morgan fingerprint density at radius 1 is 1.50 bits per heavy atom. The molecule has 0 aromatic carbocycles. The molecule has 0 rings (SSSR count). The fraction of sp³-hybridized carbons (Fsp3) is 0.800. The van der Waals surface area contributed by atoms with E-state index in [1.807, 2.05) is 0 Å². The maximum atomic E-state index is 11.9. The van der Waals surface area contributed by atoms with Crippen LogP contribution in [0, 0.1) is 6.67 Å². The summed E-state index contributed by atoms with van der Waals surface area (Å²) in [6.07, 6.45) is -3.69. The van der Waals surface area contributed by atoms with Crippen molar-refractivity contribution in [3.8, 4) is 0 Å². The van der Waals surface area contributed by atoms with E-state index in [4.69, 9.17) is 0 Å². The molecule has 3 heteroatoms. The summed E-state index contributed by atoms with van der Waals surface area (Å²) in [5.41, 5.74) is 0. The monoisotopic (exact) mass is 125 g/mol. The van der Waals surface area contributed by atoms with Crippen molar-refractivity contribution in [3.63, 3.8) is 0 Å². The largest absolute Gasteiger partial charge is 0.245 e. The summed E-state index contributed by atoms with van der Waals surface area (Å²) in [4.78, 5) is 0. The van der Waals surface area contributed by atoms with Crippen LogP contribution in [0.3, 0.4) is 0 Å². The van der Waals surface area contributed by atoms with Crippen LogP contribution in [0.2, 0.25) is 0 Å². The molecule has 0 aliphatic heterocycles. The molecular weight excluding hydrogens is 117 g/mol. The number of alkyl halides is 2. The van der Waals surface area contributed by atoms with E-state index < -0.39 is 18.8 Å². The van der Waals surface area contributed by atoms with Crippen LogP contribution in [-0.4, -0.2) is 12.3 Å². The molecule has 0 saturated heterocycles. The van der Waals surface area contributed by atoms with Crippen LogP contribution in [0.4, 0.5) is 13.2 Å². The van der Waals surface area contributed by atoms with Gasteiger partial charge in [0, 0.05) is 6.42 Å². The minimum absolute atomic E-state index is 0.126. The van der Waals surface area contributed by atoms with Crippen molar-refractivity contribution in [2.75, 3.05) is 0 Å². The first-order valence-corrected chi connectivity index (χ1v) is 2.38. The third-order valence-electron chi connectivity index (χ3n) is 0.813. The van der Waals surface area contributed by atoms with Crippen LogP contribution in [-0.2, 0) is 0 Å². The van der Waals surface area contributed by atoms with Crippen LogP contribution in [0.1, 0.15) is 13.3 Å². The molecule has 0 bridgehead atoms. The van der Waals surface area contributed by atoms with Crippen LogP contribution < -0.4 is 0 Å². The summed E-state index contributed by atoms with van der Waals surface area (Å²) < 4.78 is 34.7. The van der Waals surface area contributed by atoms with Gasteiger partial charge >= 0.3 is 0 Å². The molecule has 0 amide bonds. The highest BCUT2D eigenvalue weighted by Gasteiger charge is 2.13. The predicted octanol–water partition coefficient (Wildman–Crippen LogP) is 2.20. The van der Waals surface area contributed by atoms with E-state index in [0.717, 1.165) is 6.92 Å². The molecule has 2 atom stereocenters. The van der Waals surface area contributed by atoms with E-state index >= 15 is 0 Å². The van der Waals surface area contributed by atoms with Crippen molar-refractivity contribution >= 4 is 0 Å². The van der Waals surface area contributed by atoms with Gasteiger partial charge in [-0.15, -0.1) is 0 Å². The van der Waals surface area contributed by atoms with Gasteiger partial charge in [0.25, 0.3) is 0 Å². The second-order valence-corrected chi connectivity index (χ2v) is 1.58. The molecule has 0 aromatic heterocycles. The van der Waals surface area contributed by atoms with E-state index in [1.165, 1.54) is 0 Å². The lowest BCUT2D eigenvalue weighted by atomic mass is 10.2. The zero-order valence-electron chi connectivity index (χ0n) is 4.57. The summed E-state index contributed by atoms with van der Waals surface area (Å²) in [7, 11) is 0.